The third-order valence-corrected chi connectivity index (χ3v) is 11.6. The van der Waals surface area contributed by atoms with E-state index in [4.69, 9.17) is 9.84 Å². The van der Waals surface area contributed by atoms with Crippen LogP contribution in [0, 0.1) is 11.8 Å². The quantitative estimate of drug-likeness (QED) is 0.188. The summed E-state index contributed by atoms with van der Waals surface area (Å²) in [6, 6.07) is 15.5. The lowest BCUT2D eigenvalue weighted by molar-refractivity contribution is -0.120. The van der Waals surface area contributed by atoms with Gasteiger partial charge in [0.05, 0.1) is 41.6 Å². The number of rotatable bonds is 9. The zero-order valence-corrected chi connectivity index (χ0v) is 30.4. The van der Waals surface area contributed by atoms with E-state index in [1.807, 2.05) is 30.3 Å². The molecule has 6 aromatic rings. The number of amides is 4. The topological polar surface area (TPSA) is 144 Å². The molecule has 14 heteroatoms. The number of carbonyl (C=O) groups is 3. The highest BCUT2D eigenvalue weighted by molar-refractivity contribution is 6.10. The lowest BCUT2D eigenvalue weighted by atomic mass is 9.85. The van der Waals surface area contributed by atoms with Crippen molar-refractivity contribution < 1.29 is 19.1 Å². The van der Waals surface area contributed by atoms with Gasteiger partial charge in [0, 0.05) is 61.5 Å². The zero-order valence-electron chi connectivity index (χ0n) is 30.4. The number of aromatic nitrogens is 6. The monoisotopic (exact) mass is 728 g/mol. The first-order valence-corrected chi connectivity index (χ1v) is 19.0. The number of hydrogen-bond donors (Lipinski definition) is 2. The highest BCUT2D eigenvalue weighted by Crippen LogP contribution is 2.36. The van der Waals surface area contributed by atoms with Gasteiger partial charge in [-0.15, -0.1) is 0 Å². The number of hydrogen-bond acceptors (Lipinski definition) is 8. The molecule has 3 aliphatic rings. The number of anilines is 2. The number of nitrogens with zero attached hydrogens (tertiary/aromatic N) is 8. The molecule has 0 bridgehead atoms. The molecule has 4 amide bonds. The Bertz CT molecular complexity index is 2360. The minimum atomic E-state index is -0.347. The van der Waals surface area contributed by atoms with Crippen molar-refractivity contribution in [3.05, 3.63) is 78.9 Å². The van der Waals surface area contributed by atoms with Crippen molar-refractivity contribution in [2.75, 3.05) is 43.5 Å². The summed E-state index contributed by atoms with van der Waals surface area (Å²) >= 11 is 0. The van der Waals surface area contributed by atoms with Crippen molar-refractivity contribution >= 4 is 56.8 Å². The molecular formula is C40H44N10O4. The van der Waals surface area contributed by atoms with Crippen LogP contribution in [-0.4, -0.2) is 85.0 Å². The highest BCUT2D eigenvalue weighted by Gasteiger charge is 2.29. The van der Waals surface area contributed by atoms with Crippen LogP contribution in [0.25, 0.3) is 27.5 Å². The molecule has 278 valence electrons. The minimum Gasteiger partial charge on any atom is -0.496 e. The van der Waals surface area contributed by atoms with Gasteiger partial charge in [0.1, 0.15) is 5.75 Å². The number of nitrogens with one attached hydrogen (secondary N) is 2. The highest BCUT2D eigenvalue weighted by atomic mass is 16.5. The van der Waals surface area contributed by atoms with Crippen LogP contribution in [0.3, 0.4) is 0 Å². The number of carbonyl (C=O) groups excluding carboxylic acids is 3. The van der Waals surface area contributed by atoms with Gasteiger partial charge in [-0.2, -0.15) is 14.7 Å². The van der Waals surface area contributed by atoms with E-state index in [2.05, 4.69) is 59.4 Å². The molecule has 6 heterocycles. The van der Waals surface area contributed by atoms with E-state index < -0.39 is 0 Å². The van der Waals surface area contributed by atoms with Crippen LogP contribution in [-0.2, 0) is 11.3 Å². The van der Waals surface area contributed by atoms with Crippen LogP contribution in [0.1, 0.15) is 61.3 Å². The van der Waals surface area contributed by atoms with Gasteiger partial charge in [0.15, 0.2) is 11.5 Å². The predicted molar refractivity (Wildman–Crippen MR) is 205 cm³/mol. The summed E-state index contributed by atoms with van der Waals surface area (Å²) < 4.78 is 11.6. The lowest BCUT2D eigenvalue weighted by Gasteiger charge is -2.36. The van der Waals surface area contributed by atoms with E-state index in [0.29, 0.717) is 53.6 Å². The first-order valence-electron chi connectivity index (χ1n) is 19.0. The maximum absolute atomic E-state index is 13.4. The van der Waals surface area contributed by atoms with Crippen molar-refractivity contribution in [3.8, 4) is 5.75 Å². The number of methoxy groups -OCH3 is 1. The van der Waals surface area contributed by atoms with E-state index >= 15 is 0 Å². The van der Waals surface area contributed by atoms with Crippen LogP contribution in [0.5, 0.6) is 5.75 Å². The smallest absolute Gasteiger partial charge is 0.328 e. The van der Waals surface area contributed by atoms with Crippen LogP contribution in [0.4, 0.5) is 16.3 Å². The summed E-state index contributed by atoms with van der Waals surface area (Å²) in [5, 5.41) is 16.5. The summed E-state index contributed by atoms with van der Waals surface area (Å²) in [5.41, 5.74) is 3.88. The molecule has 54 heavy (non-hydrogen) atoms. The molecule has 0 atom stereocenters. The molecule has 1 aliphatic carbocycles. The Morgan fingerprint density at radius 3 is 2.61 bits per heavy atom. The standard InChI is InChI=1S/C40H44N10O4/c1-54-35-21-32-28(20-31(35)39(52)43-37-22-41-36-6-3-15-42-50(36)37)25-49(45-32)29-9-7-26(8-10-29)23-46-16-11-27(12-17-46)24-47-18-13-30-33(47)4-2-5-34(30)48-19-14-38(51)44-40(48)53/h2-6,13,15,18,20-22,25-27,29H,7-12,14,16-17,19,23-24H2,1H3,(H,43,52)(H,44,51,53). The van der Waals surface area contributed by atoms with Gasteiger partial charge < -0.3 is 19.5 Å². The summed E-state index contributed by atoms with van der Waals surface area (Å²) in [7, 11) is 1.57. The Morgan fingerprint density at radius 2 is 1.80 bits per heavy atom. The minimum absolute atomic E-state index is 0.219. The molecule has 0 spiro atoms. The third kappa shape index (κ3) is 6.55. The maximum Gasteiger partial charge on any atom is 0.328 e. The molecule has 2 saturated heterocycles. The molecule has 0 radical (unpaired) electrons. The van der Waals surface area contributed by atoms with Gasteiger partial charge in [-0.05, 0) is 99.8 Å². The summed E-state index contributed by atoms with van der Waals surface area (Å²) in [6.07, 6.45) is 14.6. The Balaban J connectivity index is 0.779. The summed E-state index contributed by atoms with van der Waals surface area (Å²) in [6.45, 7) is 4.75. The molecule has 2 N–H and O–H groups in total. The largest absolute Gasteiger partial charge is 0.496 e. The Kier molecular flexibility index (Phi) is 8.97. The van der Waals surface area contributed by atoms with Crippen molar-refractivity contribution in [2.24, 2.45) is 11.8 Å². The molecule has 1 saturated carbocycles. The van der Waals surface area contributed by atoms with Crippen LogP contribution in [0.2, 0.25) is 0 Å². The second-order valence-electron chi connectivity index (χ2n) is 15.0. The van der Waals surface area contributed by atoms with E-state index in [1.165, 1.54) is 25.7 Å². The van der Waals surface area contributed by atoms with E-state index in [1.54, 1.807) is 35.0 Å². The lowest BCUT2D eigenvalue weighted by Crippen LogP contribution is -2.49. The van der Waals surface area contributed by atoms with Gasteiger partial charge in [-0.25, -0.2) is 9.78 Å². The fourth-order valence-electron chi connectivity index (χ4n) is 8.69. The summed E-state index contributed by atoms with van der Waals surface area (Å²) in [4.78, 5) is 46.3. The number of piperidine rings is 1. The molecule has 14 nitrogen and oxygen atoms in total. The number of likely N-dealkylation sites (tertiary alicyclic amines) is 1. The number of imide groups is 1. The fraction of sp³-hybridized carbons (Fsp3) is 0.400. The first kappa shape index (κ1) is 34.0. The fourth-order valence-corrected chi connectivity index (χ4v) is 8.69. The van der Waals surface area contributed by atoms with Crippen molar-refractivity contribution in [3.63, 3.8) is 0 Å². The van der Waals surface area contributed by atoms with Crippen molar-refractivity contribution in [1.29, 1.82) is 0 Å². The average molecular weight is 729 g/mol. The number of ether oxygens (including phenoxy) is 1. The van der Waals surface area contributed by atoms with E-state index in [9.17, 15) is 14.4 Å². The van der Waals surface area contributed by atoms with E-state index in [-0.39, 0.29) is 17.8 Å². The predicted octanol–water partition coefficient (Wildman–Crippen LogP) is 5.88. The number of imidazole rings is 1. The van der Waals surface area contributed by atoms with Gasteiger partial charge >= 0.3 is 6.03 Å². The molecule has 0 unspecified atom stereocenters. The summed E-state index contributed by atoms with van der Waals surface area (Å²) in [5.74, 6) is 1.73. The molecule has 4 aromatic heterocycles. The average Bonchev–Trinajstić information content (AvgIpc) is 3.92. The van der Waals surface area contributed by atoms with Crippen LogP contribution in [0.15, 0.2) is 73.3 Å². The number of fused-ring (bicyclic) bond motifs is 3. The SMILES string of the molecule is COc1cc2nn(C3CCC(CN4CCC(Cn5ccc6c(N7CCC(=O)NC7=O)cccc65)CC4)CC3)cc2cc1C(=O)Nc1cnc2cccnn12. The molecule has 2 aliphatic heterocycles. The van der Waals surface area contributed by atoms with Gasteiger partial charge in [-0.3, -0.25) is 24.5 Å². The second kappa shape index (κ2) is 14.2. The van der Waals surface area contributed by atoms with E-state index in [0.717, 1.165) is 66.5 Å². The number of urea groups is 1. The molecule has 2 aromatic carbocycles. The Morgan fingerprint density at radius 1 is 0.963 bits per heavy atom. The van der Waals surface area contributed by atoms with Gasteiger partial charge in [-0.1, -0.05) is 6.07 Å². The maximum atomic E-state index is 13.4. The third-order valence-electron chi connectivity index (χ3n) is 11.6. The Hall–Kier alpha value is -5.76. The molecule has 3 fully saturated rings. The van der Waals surface area contributed by atoms with Crippen molar-refractivity contribution in [1.82, 2.24) is 39.2 Å². The second-order valence-corrected chi connectivity index (χ2v) is 15.0. The molecular weight excluding hydrogens is 685 g/mol. The zero-order chi connectivity index (χ0) is 36.8. The molecule has 9 rings (SSSR count). The first-order chi connectivity index (χ1) is 26.4. The Labute approximate surface area is 312 Å². The number of benzene rings is 2. The van der Waals surface area contributed by atoms with Crippen LogP contribution < -0.4 is 20.3 Å². The van der Waals surface area contributed by atoms with Gasteiger partial charge in [0.25, 0.3) is 5.91 Å². The van der Waals surface area contributed by atoms with Gasteiger partial charge in [0.2, 0.25) is 5.91 Å². The normalized spacial score (nSPS) is 20.2. The van der Waals surface area contributed by atoms with Crippen LogP contribution >= 0.6 is 0 Å². The van der Waals surface area contributed by atoms with Crippen molar-refractivity contribution in [2.45, 2.75) is 57.5 Å².